The number of para-hydroxylation sites is 1. The van der Waals surface area contributed by atoms with Crippen LogP contribution in [0.4, 0.5) is 0 Å². The number of piperazine rings is 1. The molecule has 0 unspecified atom stereocenters. The summed E-state index contributed by atoms with van der Waals surface area (Å²) in [6, 6.07) is 17.2. The van der Waals surface area contributed by atoms with Crippen LogP contribution in [0.1, 0.15) is 36.7 Å². The van der Waals surface area contributed by atoms with Gasteiger partial charge < -0.3 is 14.5 Å². The molecule has 2 amide bonds. The van der Waals surface area contributed by atoms with Gasteiger partial charge >= 0.3 is 0 Å². The minimum atomic E-state index is -0.588. The number of hydrogen-bond acceptors (Lipinski definition) is 3. The van der Waals surface area contributed by atoms with Gasteiger partial charge in [-0.25, -0.2) is 0 Å². The van der Waals surface area contributed by atoms with Crippen molar-refractivity contribution in [1.29, 1.82) is 0 Å². The molecule has 1 fully saturated rings. The van der Waals surface area contributed by atoms with Crippen LogP contribution in [0.15, 0.2) is 54.6 Å². The van der Waals surface area contributed by atoms with Gasteiger partial charge in [0.05, 0.1) is 17.6 Å². The van der Waals surface area contributed by atoms with Gasteiger partial charge in [0.2, 0.25) is 5.91 Å². The van der Waals surface area contributed by atoms with Gasteiger partial charge in [0, 0.05) is 26.2 Å². The number of carbonyl (C=O) groups excluding carboxylic acids is 2. The molecule has 3 rings (SSSR count). The molecule has 0 bridgehead atoms. The predicted molar refractivity (Wildman–Crippen MR) is 110 cm³/mol. The second kappa shape index (κ2) is 8.46. The molecule has 0 N–H and O–H groups in total. The fraction of sp³-hybridized carbons (Fsp3) is 0.391. The summed E-state index contributed by atoms with van der Waals surface area (Å²) in [5.41, 5.74) is 0.993. The van der Waals surface area contributed by atoms with Crippen molar-refractivity contribution in [2.24, 2.45) is 0 Å². The van der Waals surface area contributed by atoms with E-state index in [2.05, 4.69) is 0 Å². The molecule has 28 heavy (non-hydrogen) atoms. The highest BCUT2D eigenvalue weighted by molar-refractivity contribution is 5.97. The van der Waals surface area contributed by atoms with Crippen molar-refractivity contribution >= 4 is 11.8 Å². The smallest absolute Gasteiger partial charge is 0.257 e. The van der Waals surface area contributed by atoms with Crippen LogP contribution in [0.5, 0.6) is 5.75 Å². The Bertz CT molecular complexity index is 825. The molecule has 0 radical (unpaired) electrons. The van der Waals surface area contributed by atoms with Gasteiger partial charge in [0.1, 0.15) is 5.75 Å². The molecule has 2 aromatic carbocycles. The summed E-state index contributed by atoms with van der Waals surface area (Å²) in [5.74, 6) is 0.665. The third kappa shape index (κ3) is 4.03. The second-order valence-electron chi connectivity index (χ2n) is 7.50. The molecule has 1 aliphatic rings. The molecule has 0 saturated carbocycles. The van der Waals surface area contributed by atoms with Crippen LogP contribution in [0, 0.1) is 0 Å². The third-order valence-electron chi connectivity index (χ3n) is 5.30. The molecule has 1 heterocycles. The molecule has 1 saturated heterocycles. The van der Waals surface area contributed by atoms with Gasteiger partial charge in [-0.2, -0.15) is 0 Å². The molecule has 0 atom stereocenters. The van der Waals surface area contributed by atoms with E-state index < -0.39 is 5.41 Å². The van der Waals surface area contributed by atoms with E-state index >= 15 is 0 Å². The Balaban J connectivity index is 1.66. The van der Waals surface area contributed by atoms with E-state index in [1.807, 2.05) is 74.2 Å². The quantitative estimate of drug-likeness (QED) is 0.799. The summed E-state index contributed by atoms with van der Waals surface area (Å²) in [4.78, 5) is 29.7. The minimum absolute atomic E-state index is 0.0431. The fourth-order valence-corrected chi connectivity index (χ4v) is 3.58. The SMILES string of the molecule is CCOc1ccccc1C(=O)N1CCN(C(=O)C(C)(C)c2ccccc2)CC1. The maximum atomic E-state index is 13.1. The summed E-state index contributed by atoms with van der Waals surface area (Å²) in [5, 5.41) is 0. The lowest BCUT2D eigenvalue weighted by molar-refractivity contribution is -0.137. The first-order chi connectivity index (χ1) is 13.4. The zero-order chi connectivity index (χ0) is 20.1. The van der Waals surface area contributed by atoms with Crippen LogP contribution in [-0.2, 0) is 10.2 Å². The van der Waals surface area contributed by atoms with Crippen molar-refractivity contribution < 1.29 is 14.3 Å². The monoisotopic (exact) mass is 380 g/mol. The van der Waals surface area contributed by atoms with Crippen molar-refractivity contribution in [3.05, 3.63) is 65.7 Å². The molecule has 2 aromatic rings. The largest absolute Gasteiger partial charge is 0.493 e. The molecule has 0 spiro atoms. The summed E-state index contributed by atoms with van der Waals surface area (Å²) < 4.78 is 5.59. The van der Waals surface area contributed by atoms with Gasteiger partial charge in [-0.15, -0.1) is 0 Å². The summed E-state index contributed by atoms with van der Waals surface area (Å²) in [6.45, 7) is 8.46. The first-order valence-corrected chi connectivity index (χ1v) is 9.81. The molecule has 148 valence electrons. The number of rotatable bonds is 5. The van der Waals surface area contributed by atoms with Crippen LogP contribution in [0.3, 0.4) is 0 Å². The van der Waals surface area contributed by atoms with Crippen LogP contribution >= 0.6 is 0 Å². The van der Waals surface area contributed by atoms with E-state index in [4.69, 9.17) is 4.74 Å². The Hall–Kier alpha value is -2.82. The Morgan fingerprint density at radius 1 is 0.893 bits per heavy atom. The lowest BCUT2D eigenvalue weighted by atomic mass is 9.83. The Morgan fingerprint density at radius 3 is 2.11 bits per heavy atom. The lowest BCUT2D eigenvalue weighted by Gasteiger charge is -2.39. The van der Waals surface area contributed by atoms with E-state index in [9.17, 15) is 9.59 Å². The Kier molecular flexibility index (Phi) is 6.02. The number of carbonyl (C=O) groups is 2. The molecule has 0 aromatic heterocycles. The number of nitrogens with zero attached hydrogens (tertiary/aromatic N) is 2. The minimum Gasteiger partial charge on any atom is -0.493 e. The second-order valence-corrected chi connectivity index (χ2v) is 7.50. The average molecular weight is 380 g/mol. The topological polar surface area (TPSA) is 49.9 Å². The molecular weight excluding hydrogens is 352 g/mol. The first kappa shape index (κ1) is 19.9. The van der Waals surface area contributed by atoms with E-state index in [1.54, 1.807) is 11.0 Å². The van der Waals surface area contributed by atoms with E-state index in [0.29, 0.717) is 44.1 Å². The standard InChI is InChI=1S/C23H28N2O3/c1-4-28-20-13-9-8-12-19(20)21(26)24-14-16-25(17-15-24)22(27)23(2,3)18-10-6-5-7-11-18/h5-13H,4,14-17H2,1-3H3. The maximum absolute atomic E-state index is 13.1. The highest BCUT2D eigenvalue weighted by Gasteiger charge is 2.35. The molecule has 5 heteroatoms. The summed E-state index contributed by atoms with van der Waals surface area (Å²) >= 11 is 0. The highest BCUT2D eigenvalue weighted by Crippen LogP contribution is 2.27. The highest BCUT2D eigenvalue weighted by atomic mass is 16.5. The molecule has 0 aliphatic carbocycles. The molecular formula is C23H28N2O3. The van der Waals surface area contributed by atoms with Gasteiger partial charge in [-0.1, -0.05) is 42.5 Å². The van der Waals surface area contributed by atoms with Crippen molar-refractivity contribution in [2.75, 3.05) is 32.8 Å². The van der Waals surface area contributed by atoms with E-state index in [1.165, 1.54) is 0 Å². The average Bonchev–Trinajstić information content (AvgIpc) is 2.74. The summed E-state index contributed by atoms with van der Waals surface area (Å²) in [7, 11) is 0. The van der Waals surface area contributed by atoms with Gasteiger partial charge in [-0.05, 0) is 38.5 Å². The van der Waals surface area contributed by atoms with Gasteiger partial charge in [0.15, 0.2) is 0 Å². The van der Waals surface area contributed by atoms with Crippen LogP contribution in [-0.4, -0.2) is 54.4 Å². The number of benzene rings is 2. The van der Waals surface area contributed by atoms with Crippen molar-refractivity contribution in [1.82, 2.24) is 9.80 Å². The lowest BCUT2D eigenvalue weighted by Crippen LogP contribution is -2.54. The van der Waals surface area contributed by atoms with Crippen LogP contribution < -0.4 is 4.74 Å². The van der Waals surface area contributed by atoms with E-state index in [0.717, 1.165) is 5.56 Å². The maximum Gasteiger partial charge on any atom is 0.257 e. The summed E-state index contributed by atoms with van der Waals surface area (Å²) in [6.07, 6.45) is 0. The van der Waals surface area contributed by atoms with Crippen molar-refractivity contribution in [3.63, 3.8) is 0 Å². The normalized spacial score (nSPS) is 14.7. The van der Waals surface area contributed by atoms with Crippen molar-refractivity contribution in [3.8, 4) is 5.75 Å². The Morgan fingerprint density at radius 2 is 1.46 bits per heavy atom. The van der Waals surface area contributed by atoms with E-state index in [-0.39, 0.29) is 11.8 Å². The van der Waals surface area contributed by atoms with Gasteiger partial charge in [0.25, 0.3) is 5.91 Å². The number of hydrogen-bond donors (Lipinski definition) is 0. The fourth-order valence-electron chi connectivity index (χ4n) is 3.58. The van der Waals surface area contributed by atoms with Crippen molar-refractivity contribution in [2.45, 2.75) is 26.2 Å². The zero-order valence-electron chi connectivity index (χ0n) is 16.9. The third-order valence-corrected chi connectivity index (χ3v) is 5.30. The molecule has 5 nitrogen and oxygen atoms in total. The Labute approximate surface area is 166 Å². The number of amides is 2. The van der Waals surface area contributed by atoms with Crippen LogP contribution in [0.2, 0.25) is 0 Å². The number of ether oxygens (including phenoxy) is 1. The van der Waals surface area contributed by atoms with Gasteiger partial charge in [-0.3, -0.25) is 9.59 Å². The predicted octanol–water partition coefficient (Wildman–Crippen LogP) is 3.35. The zero-order valence-corrected chi connectivity index (χ0v) is 16.9. The van der Waals surface area contributed by atoms with Crippen LogP contribution in [0.25, 0.3) is 0 Å². The molecule has 1 aliphatic heterocycles. The first-order valence-electron chi connectivity index (χ1n) is 9.81.